The molecule has 1 aliphatic heterocycles. The number of ether oxygens (including phenoxy) is 2. The van der Waals surface area contributed by atoms with Crippen LogP contribution in [0.1, 0.15) is 11.1 Å². The minimum absolute atomic E-state index is 0.193. The Morgan fingerprint density at radius 1 is 1.00 bits per heavy atom. The van der Waals surface area contributed by atoms with Crippen molar-refractivity contribution in [1.29, 1.82) is 0 Å². The number of benzene rings is 3. The normalized spacial score (nSPS) is 15.0. The number of hydrogen-bond acceptors (Lipinski definition) is 5. The van der Waals surface area contributed by atoms with E-state index in [0.29, 0.717) is 34.3 Å². The SMILES string of the molecule is COc1cc(OC)c(C2=C[C@@H](C(=O)N(Cc3ccccc3)c3ccccc3)ON2)cc1Cl. The third-order valence-electron chi connectivity index (χ3n) is 5.14. The van der Waals surface area contributed by atoms with E-state index in [4.69, 9.17) is 25.9 Å². The first kappa shape index (κ1) is 21.7. The molecule has 32 heavy (non-hydrogen) atoms. The van der Waals surface area contributed by atoms with Gasteiger partial charge in [-0.1, -0.05) is 60.1 Å². The number of para-hydroxylation sites is 1. The molecule has 0 bridgehead atoms. The largest absolute Gasteiger partial charge is 0.496 e. The van der Waals surface area contributed by atoms with Crippen LogP contribution >= 0.6 is 11.6 Å². The zero-order valence-corrected chi connectivity index (χ0v) is 18.5. The van der Waals surface area contributed by atoms with Gasteiger partial charge in [0, 0.05) is 17.3 Å². The number of carbonyl (C=O) groups excluding carboxylic acids is 1. The molecule has 3 aromatic carbocycles. The zero-order valence-electron chi connectivity index (χ0n) is 17.7. The van der Waals surface area contributed by atoms with E-state index in [0.717, 1.165) is 11.3 Å². The minimum atomic E-state index is -0.820. The van der Waals surface area contributed by atoms with Gasteiger partial charge >= 0.3 is 0 Å². The van der Waals surface area contributed by atoms with Crippen molar-refractivity contribution in [2.45, 2.75) is 12.6 Å². The standard InChI is InChI=1S/C25H23ClN2O4/c1-30-22-15-23(31-2)20(26)13-19(22)21-14-24(32-27-21)25(29)28(18-11-7-4-8-12-18)16-17-9-5-3-6-10-17/h3-15,24,27H,16H2,1-2H3/t24-/m0/s1. The molecule has 164 valence electrons. The summed E-state index contributed by atoms with van der Waals surface area (Å²) in [7, 11) is 3.10. The van der Waals surface area contributed by atoms with Crippen LogP contribution in [0, 0.1) is 0 Å². The Kier molecular flexibility index (Phi) is 6.63. The van der Waals surface area contributed by atoms with Gasteiger partial charge in [-0.05, 0) is 29.8 Å². The van der Waals surface area contributed by atoms with Crippen LogP contribution in [0.2, 0.25) is 5.02 Å². The summed E-state index contributed by atoms with van der Waals surface area (Å²) in [5.41, 5.74) is 5.92. The number of methoxy groups -OCH3 is 2. The second kappa shape index (κ2) is 9.77. The summed E-state index contributed by atoms with van der Waals surface area (Å²) in [6, 6.07) is 22.8. The molecule has 6 nitrogen and oxygen atoms in total. The Labute approximate surface area is 191 Å². The number of hydrogen-bond donors (Lipinski definition) is 1. The molecule has 0 aliphatic carbocycles. The number of amides is 1. The first-order valence-electron chi connectivity index (χ1n) is 10.1. The van der Waals surface area contributed by atoms with Crippen molar-refractivity contribution < 1.29 is 19.1 Å². The van der Waals surface area contributed by atoms with Crippen LogP contribution in [-0.4, -0.2) is 26.2 Å². The second-order valence-corrected chi connectivity index (χ2v) is 7.56. The van der Waals surface area contributed by atoms with Crippen molar-refractivity contribution in [3.05, 3.63) is 95.0 Å². The first-order chi connectivity index (χ1) is 15.6. The Morgan fingerprint density at radius 3 is 2.31 bits per heavy atom. The number of anilines is 1. The topological polar surface area (TPSA) is 60.0 Å². The number of carbonyl (C=O) groups is 1. The molecule has 0 saturated heterocycles. The summed E-state index contributed by atoms with van der Waals surface area (Å²) in [6.07, 6.45) is 0.906. The van der Waals surface area contributed by atoms with Crippen LogP contribution in [0.25, 0.3) is 5.70 Å². The fourth-order valence-electron chi connectivity index (χ4n) is 3.51. The van der Waals surface area contributed by atoms with Gasteiger partial charge in [-0.2, -0.15) is 0 Å². The summed E-state index contributed by atoms with van der Waals surface area (Å²) < 4.78 is 10.7. The van der Waals surface area contributed by atoms with Gasteiger partial charge in [0.25, 0.3) is 5.91 Å². The third kappa shape index (κ3) is 4.56. The molecule has 0 saturated carbocycles. The molecule has 7 heteroatoms. The summed E-state index contributed by atoms with van der Waals surface area (Å²) in [4.78, 5) is 20.8. The van der Waals surface area contributed by atoms with Gasteiger partial charge in [-0.25, -0.2) is 0 Å². The van der Waals surface area contributed by atoms with E-state index in [9.17, 15) is 4.79 Å². The molecule has 1 atom stereocenters. The van der Waals surface area contributed by atoms with E-state index in [-0.39, 0.29) is 5.91 Å². The Bertz CT molecular complexity index is 1120. The van der Waals surface area contributed by atoms with Crippen LogP contribution in [0.3, 0.4) is 0 Å². The van der Waals surface area contributed by atoms with Crippen LogP contribution < -0.4 is 19.9 Å². The van der Waals surface area contributed by atoms with Gasteiger partial charge in [-0.15, -0.1) is 0 Å². The predicted molar refractivity (Wildman–Crippen MR) is 125 cm³/mol. The highest BCUT2D eigenvalue weighted by molar-refractivity contribution is 6.32. The molecule has 0 fully saturated rings. The number of nitrogens with one attached hydrogen (secondary N) is 1. The van der Waals surface area contributed by atoms with Crippen molar-refractivity contribution in [1.82, 2.24) is 5.48 Å². The average molecular weight is 451 g/mol. The molecule has 1 aliphatic rings. The van der Waals surface area contributed by atoms with Crippen molar-refractivity contribution in [2.75, 3.05) is 19.1 Å². The summed E-state index contributed by atoms with van der Waals surface area (Å²) in [5.74, 6) is 0.851. The summed E-state index contributed by atoms with van der Waals surface area (Å²) >= 11 is 6.31. The maximum atomic E-state index is 13.5. The fourth-order valence-corrected chi connectivity index (χ4v) is 3.75. The van der Waals surface area contributed by atoms with Crippen LogP contribution in [0.5, 0.6) is 11.5 Å². The first-order valence-corrected chi connectivity index (χ1v) is 10.4. The number of rotatable bonds is 7. The monoisotopic (exact) mass is 450 g/mol. The maximum absolute atomic E-state index is 13.5. The molecular formula is C25H23ClN2O4. The lowest BCUT2D eigenvalue weighted by Crippen LogP contribution is -2.39. The van der Waals surface area contributed by atoms with E-state index in [2.05, 4.69) is 5.48 Å². The Balaban J connectivity index is 1.64. The highest BCUT2D eigenvalue weighted by Gasteiger charge is 2.31. The molecule has 4 rings (SSSR count). The molecule has 0 spiro atoms. The quantitative estimate of drug-likeness (QED) is 0.558. The van der Waals surface area contributed by atoms with E-state index < -0.39 is 6.10 Å². The number of hydroxylamine groups is 1. The van der Waals surface area contributed by atoms with E-state index in [1.165, 1.54) is 7.11 Å². The molecule has 1 N–H and O–H groups in total. The fraction of sp³-hybridized carbons (Fsp3) is 0.160. The van der Waals surface area contributed by atoms with Crippen molar-refractivity contribution in [2.24, 2.45) is 0 Å². The smallest absolute Gasteiger partial charge is 0.263 e. The van der Waals surface area contributed by atoms with Gasteiger partial charge in [-0.3, -0.25) is 15.1 Å². The van der Waals surface area contributed by atoms with Crippen LogP contribution in [0.4, 0.5) is 5.69 Å². The molecule has 3 aromatic rings. The van der Waals surface area contributed by atoms with Gasteiger partial charge < -0.3 is 14.4 Å². The van der Waals surface area contributed by atoms with Gasteiger partial charge in [0.1, 0.15) is 11.5 Å². The Morgan fingerprint density at radius 2 is 1.66 bits per heavy atom. The van der Waals surface area contributed by atoms with Crippen molar-refractivity contribution >= 4 is 28.9 Å². The van der Waals surface area contributed by atoms with Gasteiger partial charge in [0.15, 0.2) is 6.10 Å². The minimum Gasteiger partial charge on any atom is -0.496 e. The predicted octanol–water partition coefficient (Wildman–Crippen LogP) is 4.83. The van der Waals surface area contributed by atoms with E-state index in [1.807, 2.05) is 60.7 Å². The third-order valence-corrected chi connectivity index (χ3v) is 5.43. The zero-order chi connectivity index (χ0) is 22.5. The van der Waals surface area contributed by atoms with Gasteiger partial charge in [0.2, 0.25) is 0 Å². The summed E-state index contributed by atoms with van der Waals surface area (Å²) in [5, 5.41) is 0.427. The molecule has 1 heterocycles. The second-order valence-electron chi connectivity index (χ2n) is 7.15. The maximum Gasteiger partial charge on any atom is 0.263 e. The van der Waals surface area contributed by atoms with E-state index >= 15 is 0 Å². The highest BCUT2D eigenvalue weighted by atomic mass is 35.5. The van der Waals surface area contributed by atoms with Crippen molar-refractivity contribution in [3.63, 3.8) is 0 Å². The van der Waals surface area contributed by atoms with Crippen LogP contribution in [-0.2, 0) is 16.2 Å². The Hall–Kier alpha value is -3.48. The molecule has 0 radical (unpaired) electrons. The molecule has 0 unspecified atom stereocenters. The lowest BCUT2D eigenvalue weighted by atomic mass is 10.1. The highest BCUT2D eigenvalue weighted by Crippen LogP contribution is 2.37. The molecule has 1 amide bonds. The number of halogens is 1. The lowest BCUT2D eigenvalue weighted by Gasteiger charge is -2.24. The average Bonchev–Trinajstić information content (AvgIpc) is 3.33. The van der Waals surface area contributed by atoms with Crippen LogP contribution in [0.15, 0.2) is 78.9 Å². The lowest BCUT2D eigenvalue weighted by molar-refractivity contribution is -0.128. The molecule has 0 aromatic heterocycles. The van der Waals surface area contributed by atoms with E-state index in [1.54, 1.807) is 30.2 Å². The molecular weight excluding hydrogens is 428 g/mol. The summed E-state index contributed by atoms with van der Waals surface area (Å²) in [6.45, 7) is 0.421. The van der Waals surface area contributed by atoms with Gasteiger partial charge in [0.05, 0.1) is 31.5 Å². The van der Waals surface area contributed by atoms with Crippen molar-refractivity contribution in [3.8, 4) is 11.5 Å². The number of nitrogens with zero attached hydrogens (tertiary/aromatic N) is 1.